The third kappa shape index (κ3) is 54.7. The van der Waals surface area contributed by atoms with Crippen molar-refractivity contribution in [2.45, 2.75) is 182 Å². The van der Waals surface area contributed by atoms with Crippen molar-refractivity contribution in [1.82, 2.24) is 0 Å². The van der Waals surface area contributed by atoms with Gasteiger partial charge in [0.1, 0.15) is 0 Å². The average molecular weight is 679 g/mol. The molecule has 0 aromatic carbocycles. The van der Waals surface area contributed by atoms with Crippen LogP contribution in [0.4, 0.5) is 0 Å². The van der Waals surface area contributed by atoms with Crippen molar-refractivity contribution in [1.29, 1.82) is 0 Å². The number of rotatable bonds is 28. The van der Waals surface area contributed by atoms with Gasteiger partial charge in [-0.05, 0) is 37.5 Å². The summed E-state index contributed by atoms with van der Waals surface area (Å²) in [7, 11) is -5.39. The molecule has 0 amide bonds. The Morgan fingerprint density at radius 2 is 0.634 bits per heavy atom. The maximum atomic E-state index is 8.55. The van der Waals surface area contributed by atoms with Crippen LogP contribution in [0.3, 0.4) is 0 Å². The second-order valence-corrected chi connectivity index (χ2v) is 12.4. The fraction of sp³-hybridized carbons (Fsp3) is 1.00. The maximum absolute atomic E-state index is 8.55. The fourth-order valence-corrected chi connectivity index (χ4v) is 5.17. The summed E-state index contributed by atoms with van der Waals surface area (Å²) in [6.45, 7) is 11.3. The molecule has 0 rings (SSSR count). The number of ether oxygens (including phenoxy) is 1. The van der Waals surface area contributed by atoms with Gasteiger partial charge < -0.3 is 24.0 Å². The summed E-state index contributed by atoms with van der Waals surface area (Å²) in [5, 5.41) is 0. The Morgan fingerprint density at radius 1 is 0.439 bits per heavy atom. The quantitative estimate of drug-likeness (QED) is 0.0653. The normalized spacial score (nSPS) is 12.3. The molecule has 0 saturated heterocycles. The Labute approximate surface area is 385 Å². The third-order valence-corrected chi connectivity index (χ3v) is 7.57. The van der Waals surface area contributed by atoms with Crippen LogP contribution in [-0.4, -0.2) is 13.2 Å². The zero-order chi connectivity index (χ0) is 28.7. The van der Waals surface area contributed by atoms with Crippen molar-refractivity contribution < 1.29 is 178 Å². The van der Waals surface area contributed by atoms with Gasteiger partial charge in [-0.25, -0.2) is 0 Å². The molecule has 232 valence electrons. The van der Waals surface area contributed by atoms with Crippen LogP contribution < -0.4 is 169 Å². The first-order valence-electron chi connectivity index (χ1n) is 16.6. The minimum atomic E-state index is -5.39. The molecule has 9 heteroatoms. The van der Waals surface area contributed by atoms with Gasteiger partial charge in [0.25, 0.3) is 0 Å². The Morgan fingerprint density at radius 3 is 0.878 bits per heavy atom. The molecule has 2 atom stereocenters. The molecule has 5 nitrogen and oxygen atoms in total. The average Bonchev–Trinajstić information content (AvgIpc) is 2.86. The van der Waals surface area contributed by atoms with Crippen molar-refractivity contribution in [2.75, 3.05) is 13.2 Å². The Bertz CT molecular complexity index is 458. The zero-order valence-electron chi connectivity index (χ0n) is 29.0. The molecule has 2 unspecified atom stereocenters. The van der Waals surface area contributed by atoms with Crippen molar-refractivity contribution in [3.05, 3.63) is 0 Å². The van der Waals surface area contributed by atoms with Gasteiger partial charge in [0.05, 0.1) is 0 Å². The first-order valence-corrected chi connectivity index (χ1v) is 18.0. The smallest absolute Gasteiger partial charge is 0.822 e. The van der Waals surface area contributed by atoms with E-state index in [1.807, 2.05) is 0 Å². The molecule has 0 aliphatic heterocycles. The van der Waals surface area contributed by atoms with Crippen LogP contribution in [-0.2, 0) is 9.30 Å². The largest absolute Gasteiger partial charge is 1.00 e. The molecule has 0 heterocycles. The van der Waals surface area contributed by atoms with Gasteiger partial charge in [-0.2, -0.15) is 7.82 Å². The molecule has 0 N–H and O–H groups in total. The van der Waals surface area contributed by atoms with E-state index in [9.17, 15) is 0 Å². The molecule has 0 fully saturated rings. The summed E-state index contributed by atoms with van der Waals surface area (Å²) < 4.78 is 15.0. The van der Waals surface area contributed by atoms with E-state index in [4.69, 9.17) is 24.0 Å². The third-order valence-electron chi connectivity index (χ3n) is 7.57. The molecule has 0 bridgehead atoms. The SMILES string of the molecule is CCCCCCCCC(CCCCCC)COCC(CCCCCC)CCCCCCCC.O=P([O-])([O-])[O-].[K+].[K+].[K+]. The van der Waals surface area contributed by atoms with Gasteiger partial charge in [-0.1, -0.05) is 156 Å². The van der Waals surface area contributed by atoms with E-state index < -0.39 is 7.82 Å². The Hall–Kier alpha value is 4.98. The van der Waals surface area contributed by atoms with Crippen LogP contribution in [0.15, 0.2) is 0 Å². The summed E-state index contributed by atoms with van der Waals surface area (Å²) >= 11 is 0. The Kier molecular flexibility index (Phi) is 60.8. The molecule has 0 aromatic heterocycles. The number of hydrogen-bond acceptors (Lipinski definition) is 5. The minimum Gasteiger partial charge on any atom is -0.822 e. The second-order valence-electron chi connectivity index (χ2n) is 11.5. The molecule has 0 spiro atoms. The topological polar surface area (TPSA) is 95.5 Å². The van der Waals surface area contributed by atoms with Gasteiger partial charge >= 0.3 is 154 Å². The van der Waals surface area contributed by atoms with Crippen LogP contribution in [0.2, 0.25) is 0 Å². The minimum absolute atomic E-state index is 0. The van der Waals surface area contributed by atoms with Crippen LogP contribution >= 0.6 is 7.82 Å². The van der Waals surface area contributed by atoms with Crippen LogP contribution in [0.1, 0.15) is 182 Å². The van der Waals surface area contributed by atoms with Crippen molar-refractivity contribution in [3.63, 3.8) is 0 Å². The van der Waals surface area contributed by atoms with E-state index in [0.717, 1.165) is 25.0 Å². The number of hydrogen-bond donors (Lipinski definition) is 0. The van der Waals surface area contributed by atoms with E-state index in [2.05, 4.69) is 27.7 Å². The van der Waals surface area contributed by atoms with Gasteiger partial charge in [0.15, 0.2) is 0 Å². The molecular weight excluding hydrogens is 613 g/mol. The van der Waals surface area contributed by atoms with E-state index in [-0.39, 0.29) is 154 Å². The van der Waals surface area contributed by atoms with Crippen molar-refractivity contribution >= 4 is 7.82 Å². The summed E-state index contributed by atoms with van der Waals surface area (Å²) in [5.74, 6) is 1.62. The first-order chi connectivity index (χ1) is 18.3. The monoisotopic (exact) mass is 678 g/mol. The van der Waals surface area contributed by atoms with Crippen LogP contribution in [0, 0.1) is 11.8 Å². The van der Waals surface area contributed by atoms with Crippen LogP contribution in [0.25, 0.3) is 0 Å². The van der Waals surface area contributed by atoms with E-state index in [1.54, 1.807) is 0 Å². The maximum Gasteiger partial charge on any atom is 1.00 e. The van der Waals surface area contributed by atoms with Gasteiger partial charge in [-0.15, -0.1) is 0 Å². The fourth-order valence-electron chi connectivity index (χ4n) is 5.17. The van der Waals surface area contributed by atoms with Gasteiger partial charge in [0.2, 0.25) is 0 Å². The van der Waals surface area contributed by atoms with Crippen molar-refractivity contribution in [2.24, 2.45) is 11.8 Å². The predicted molar refractivity (Wildman–Crippen MR) is 159 cm³/mol. The molecular formula is C32H66K3O5P. The van der Waals surface area contributed by atoms with Gasteiger partial charge in [-0.3, -0.25) is 0 Å². The second kappa shape index (κ2) is 45.0. The molecule has 0 saturated carbocycles. The van der Waals surface area contributed by atoms with E-state index >= 15 is 0 Å². The standard InChI is InChI=1S/C32H66O.3K.H3O4P/c1-5-9-13-17-19-23-27-31(25-21-15-11-7-3)29-33-30-32(26-22-16-12-8-4)28-24-20-18-14-10-6-2;;;;1-5(2,3)4/h31-32H,5-30H2,1-4H3;;;;(H3,1,2,3,4)/q;3*+1;/p-3. The van der Waals surface area contributed by atoms with Crippen LogP contribution in [0.5, 0.6) is 0 Å². The van der Waals surface area contributed by atoms with Crippen molar-refractivity contribution in [3.8, 4) is 0 Å². The first kappa shape index (κ1) is 55.4. The summed E-state index contributed by atoms with van der Waals surface area (Å²) in [5.41, 5.74) is 0. The molecule has 0 aliphatic rings. The molecule has 0 aromatic rings. The van der Waals surface area contributed by atoms with E-state index in [0.29, 0.717) is 0 Å². The summed E-state index contributed by atoms with van der Waals surface area (Å²) in [6.07, 6.45) is 33.8. The van der Waals surface area contributed by atoms with Gasteiger partial charge in [0, 0.05) is 13.2 Å². The molecule has 41 heavy (non-hydrogen) atoms. The molecule has 0 radical (unpaired) electrons. The number of phosphoric acid groups is 1. The predicted octanol–water partition coefficient (Wildman–Crippen LogP) is -0.135. The summed E-state index contributed by atoms with van der Waals surface area (Å²) in [4.78, 5) is 25.6. The summed E-state index contributed by atoms with van der Waals surface area (Å²) in [6, 6.07) is 0. The number of unbranched alkanes of at least 4 members (excludes halogenated alkanes) is 16. The Balaban J connectivity index is -0.000000493. The van der Waals surface area contributed by atoms with E-state index in [1.165, 1.54) is 154 Å². The zero-order valence-corrected chi connectivity index (χ0v) is 39.3. The molecule has 0 aliphatic carbocycles.